The van der Waals surface area contributed by atoms with Crippen molar-refractivity contribution in [3.8, 4) is 17.8 Å². The van der Waals surface area contributed by atoms with Crippen molar-refractivity contribution < 1.29 is 36.2 Å². The Morgan fingerprint density at radius 3 is 1.94 bits per heavy atom. The molecule has 0 saturated heterocycles. The van der Waals surface area contributed by atoms with Crippen LogP contribution in [0.5, 0.6) is 11.8 Å². The van der Waals surface area contributed by atoms with Gasteiger partial charge in [-0.3, -0.25) is 27.8 Å². The van der Waals surface area contributed by atoms with E-state index >= 15 is 0 Å². The maximum atomic E-state index is 11.5. The lowest BCUT2D eigenvalue weighted by molar-refractivity contribution is 0.408. The summed E-state index contributed by atoms with van der Waals surface area (Å²) in [7, 11) is -7.29. The van der Waals surface area contributed by atoms with Crippen LogP contribution in [0, 0.1) is 18.3 Å². The molecular weight excluding hydrogens is 470 g/mol. The van der Waals surface area contributed by atoms with E-state index in [4.69, 9.17) is 14.4 Å². The van der Waals surface area contributed by atoms with Crippen LogP contribution in [0.2, 0.25) is 0 Å². The van der Waals surface area contributed by atoms with Gasteiger partial charge in [0.05, 0.1) is 0 Å². The number of hydrogen-bond acceptors (Lipinski definition) is 9. The Morgan fingerprint density at radius 1 is 0.969 bits per heavy atom. The van der Waals surface area contributed by atoms with Gasteiger partial charge in [-0.2, -0.15) is 22.1 Å². The molecular formula is C17H21N3O10S2. The van der Waals surface area contributed by atoms with Gasteiger partial charge < -0.3 is 10.2 Å². The summed E-state index contributed by atoms with van der Waals surface area (Å²) in [5, 5.41) is 27.9. The maximum absolute atomic E-state index is 11.5. The highest BCUT2D eigenvalue weighted by Crippen LogP contribution is 2.20. The van der Waals surface area contributed by atoms with E-state index in [1.807, 2.05) is 0 Å². The minimum absolute atomic E-state index is 0.0274. The molecule has 32 heavy (non-hydrogen) atoms. The summed E-state index contributed by atoms with van der Waals surface area (Å²) in [6.07, 6.45) is 0. The monoisotopic (exact) mass is 491 g/mol. The highest BCUT2D eigenvalue weighted by atomic mass is 32.2. The Kier molecular flexibility index (Phi) is 8.35. The van der Waals surface area contributed by atoms with Crippen molar-refractivity contribution in [1.29, 1.82) is 5.26 Å². The zero-order valence-corrected chi connectivity index (χ0v) is 18.8. The molecule has 0 unspecified atom stereocenters. The average Bonchev–Trinajstić information content (AvgIpc) is 2.62. The molecule has 15 heteroatoms. The van der Waals surface area contributed by atoms with Crippen molar-refractivity contribution >= 4 is 20.2 Å². The first-order valence-corrected chi connectivity index (χ1v) is 11.9. The fourth-order valence-corrected chi connectivity index (χ4v) is 3.98. The molecule has 0 radical (unpaired) electrons. The summed E-state index contributed by atoms with van der Waals surface area (Å²) in [5.74, 6) is -2.64. The summed E-state index contributed by atoms with van der Waals surface area (Å²) >= 11 is 0. The molecule has 0 aliphatic carbocycles. The average molecular weight is 492 g/mol. The molecule has 2 aromatic heterocycles. The fraction of sp³-hybridized carbons (Fsp3) is 0.353. The molecule has 4 N–H and O–H groups in total. The summed E-state index contributed by atoms with van der Waals surface area (Å²) in [5.41, 5.74) is -1.27. The van der Waals surface area contributed by atoms with E-state index in [0.29, 0.717) is 5.56 Å². The van der Waals surface area contributed by atoms with Crippen LogP contribution in [-0.4, -0.2) is 45.3 Å². The molecule has 176 valence electrons. The van der Waals surface area contributed by atoms with Gasteiger partial charge in [-0.05, 0) is 25.0 Å². The molecule has 0 spiro atoms. The van der Waals surface area contributed by atoms with Crippen LogP contribution in [0.15, 0.2) is 21.7 Å². The number of pyridine rings is 2. The second kappa shape index (κ2) is 9.96. The van der Waals surface area contributed by atoms with Crippen LogP contribution in [-0.2, 0) is 45.3 Å². The van der Waals surface area contributed by atoms with Crippen molar-refractivity contribution in [1.82, 2.24) is 9.13 Å². The van der Waals surface area contributed by atoms with Gasteiger partial charge in [0, 0.05) is 31.3 Å². The van der Waals surface area contributed by atoms with Gasteiger partial charge in [-0.25, -0.2) is 0 Å². The molecule has 0 amide bonds. The van der Waals surface area contributed by atoms with Gasteiger partial charge in [-0.1, -0.05) is 0 Å². The lowest BCUT2D eigenvalue weighted by Crippen LogP contribution is -2.21. The zero-order valence-electron chi connectivity index (χ0n) is 17.2. The first-order chi connectivity index (χ1) is 14.5. The molecule has 0 aromatic carbocycles. The summed E-state index contributed by atoms with van der Waals surface area (Å²) in [6.45, 7) is 3.22. The Bertz CT molecular complexity index is 1400. The Morgan fingerprint density at radius 2 is 1.50 bits per heavy atom. The normalized spacial score (nSPS) is 11.4. The van der Waals surface area contributed by atoms with Crippen LogP contribution in [0.25, 0.3) is 0 Å². The van der Waals surface area contributed by atoms with Crippen molar-refractivity contribution in [2.45, 2.75) is 31.9 Å². The largest absolute Gasteiger partial charge is 0.494 e. The maximum Gasteiger partial charge on any atom is 0.269 e. The predicted molar refractivity (Wildman–Crippen MR) is 111 cm³/mol. The van der Waals surface area contributed by atoms with Gasteiger partial charge in [0.1, 0.15) is 23.1 Å². The van der Waals surface area contributed by atoms with Crippen LogP contribution in [0.1, 0.15) is 29.2 Å². The minimum Gasteiger partial charge on any atom is -0.494 e. The number of aryl methyl sites for hydroxylation is 1. The number of hydrogen-bond donors (Lipinski definition) is 4. The van der Waals surface area contributed by atoms with Crippen molar-refractivity contribution in [3.63, 3.8) is 0 Å². The molecule has 0 atom stereocenters. The summed E-state index contributed by atoms with van der Waals surface area (Å²) < 4.78 is 61.9. The second-order valence-electron chi connectivity index (χ2n) is 6.54. The Hall–Kier alpha value is -3.19. The molecule has 0 bridgehead atoms. The van der Waals surface area contributed by atoms with Gasteiger partial charge in [0.25, 0.3) is 31.4 Å². The molecule has 2 aromatic rings. The Labute approximate surface area is 182 Å². The highest BCUT2D eigenvalue weighted by molar-refractivity contribution is 7.85. The lowest BCUT2D eigenvalue weighted by Gasteiger charge is -2.09. The topological polar surface area (TPSA) is 217 Å². The lowest BCUT2D eigenvalue weighted by atomic mass is 10.1. The van der Waals surface area contributed by atoms with Gasteiger partial charge >= 0.3 is 0 Å². The van der Waals surface area contributed by atoms with E-state index in [2.05, 4.69) is 0 Å². The molecule has 2 heterocycles. The van der Waals surface area contributed by atoms with Gasteiger partial charge in [0.15, 0.2) is 5.88 Å². The molecule has 0 aliphatic rings. The number of nitrogens with zero attached hydrogens (tertiary/aromatic N) is 3. The van der Waals surface area contributed by atoms with Crippen molar-refractivity contribution in [2.75, 3.05) is 0 Å². The third-order valence-electron chi connectivity index (χ3n) is 4.19. The number of rotatable bonds is 5. The third-order valence-corrected chi connectivity index (χ3v) is 5.52. The quantitative estimate of drug-likeness (QED) is 0.395. The second-order valence-corrected chi connectivity index (χ2v) is 9.45. The van der Waals surface area contributed by atoms with Gasteiger partial charge in [0.2, 0.25) is 5.88 Å². The predicted octanol–water partition coefficient (Wildman–Crippen LogP) is -0.380. The standard InChI is InChI=1S/C9H10N2O5S.C8H11NO5S/c1-2-11-8(12)3-6(5-17(14,15)16)7(4-10)9(11)13;1-5-3-7(10)9(2)8(11)6(5)4-15(12,13)14/h3,13H,2,5H2,1H3,(H,14,15,16);3,11H,4H2,1-2H3,(H,12,13,14). The highest BCUT2D eigenvalue weighted by Gasteiger charge is 2.18. The molecule has 0 saturated carbocycles. The Balaban J connectivity index is 0.000000323. The number of nitriles is 1. The van der Waals surface area contributed by atoms with E-state index < -0.39 is 54.6 Å². The van der Waals surface area contributed by atoms with E-state index in [9.17, 15) is 36.6 Å². The smallest absolute Gasteiger partial charge is 0.269 e. The molecule has 0 aliphatic heterocycles. The van der Waals surface area contributed by atoms with Crippen LogP contribution in [0.4, 0.5) is 0 Å². The molecule has 13 nitrogen and oxygen atoms in total. The van der Waals surface area contributed by atoms with Crippen molar-refractivity contribution in [2.24, 2.45) is 7.05 Å². The molecule has 2 rings (SSSR count). The van der Waals surface area contributed by atoms with Crippen LogP contribution >= 0.6 is 0 Å². The fourth-order valence-electron chi connectivity index (χ4n) is 2.63. The summed E-state index contributed by atoms with van der Waals surface area (Å²) in [6, 6.07) is 3.71. The first kappa shape index (κ1) is 26.8. The SMILES string of the molecule is CCn1c(O)c(C#N)c(CS(=O)(=O)O)cc1=O.Cc1cc(=O)n(C)c(O)c1CS(=O)(=O)O. The van der Waals surface area contributed by atoms with E-state index in [0.717, 1.165) is 15.2 Å². The molecule has 0 fully saturated rings. The first-order valence-electron chi connectivity index (χ1n) is 8.67. The number of aromatic nitrogens is 2. The van der Waals surface area contributed by atoms with Crippen molar-refractivity contribution in [3.05, 3.63) is 55.1 Å². The van der Waals surface area contributed by atoms with E-state index in [-0.39, 0.29) is 23.2 Å². The van der Waals surface area contributed by atoms with E-state index in [1.54, 1.807) is 13.0 Å². The van der Waals surface area contributed by atoms with Crippen LogP contribution < -0.4 is 11.1 Å². The number of aromatic hydroxyl groups is 2. The van der Waals surface area contributed by atoms with E-state index in [1.165, 1.54) is 20.0 Å². The zero-order chi connectivity index (χ0) is 25.0. The van der Waals surface area contributed by atoms with Crippen LogP contribution in [0.3, 0.4) is 0 Å². The van der Waals surface area contributed by atoms with Gasteiger partial charge in [-0.15, -0.1) is 0 Å². The summed E-state index contributed by atoms with van der Waals surface area (Å²) in [4.78, 5) is 22.6. The minimum atomic E-state index is -4.37. The third kappa shape index (κ3) is 6.92.